The van der Waals surface area contributed by atoms with E-state index in [0.29, 0.717) is 6.04 Å². The zero-order valence-corrected chi connectivity index (χ0v) is 12.5. The summed E-state index contributed by atoms with van der Waals surface area (Å²) in [6, 6.07) is 11.5. The normalized spacial score (nSPS) is 18.2. The van der Waals surface area contributed by atoms with E-state index in [1.165, 1.54) is 53.6 Å². The van der Waals surface area contributed by atoms with E-state index in [1.807, 2.05) is 11.3 Å². The zero-order chi connectivity index (χ0) is 13.1. The molecule has 0 saturated heterocycles. The number of thiophene rings is 1. The molecule has 2 heteroatoms. The fraction of sp³-hybridized carbons (Fsp3) is 0.529. The van der Waals surface area contributed by atoms with Gasteiger partial charge in [0.2, 0.25) is 0 Å². The molecule has 1 saturated carbocycles. The Kier molecular flexibility index (Phi) is 4.19. The highest BCUT2D eigenvalue weighted by Gasteiger charge is 2.15. The smallest absolute Gasteiger partial charge is 0.0386 e. The first-order valence-corrected chi connectivity index (χ1v) is 8.36. The van der Waals surface area contributed by atoms with Gasteiger partial charge in [0.1, 0.15) is 0 Å². The Labute approximate surface area is 120 Å². The molecule has 102 valence electrons. The van der Waals surface area contributed by atoms with Crippen molar-refractivity contribution in [1.29, 1.82) is 0 Å². The Balaban J connectivity index is 1.55. The summed E-state index contributed by atoms with van der Waals surface area (Å²) in [5.41, 5.74) is 0. The molecule has 0 amide bonds. The van der Waals surface area contributed by atoms with Crippen molar-refractivity contribution in [3.05, 3.63) is 35.2 Å². The predicted molar refractivity (Wildman–Crippen MR) is 84.8 cm³/mol. The highest BCUT2D eigenvalue weighted by molar-refractivity contribution is 7.19. The third-order valence-electron chi connectivity index (χ3n) is 4.35. The molecule has 0 bridgehead atoms. The van der Waals surface area contributed by atoms with E-state index in [4.69, 9.17) is 0 Å². The first-order valence-electron chi connectivity index (χ1n) is 7.55. The van der Waals surface area contributed by atoms with Gasteiger partial charge in [0.05, 0.1) is 0 Å². The average molecular weight is 273 g/mol. The van der Waals surface area contributed by atoms with E-state index >= 15 is 0 Å². The van der Waals surface area contributed by atoms with Gasteiger partial charge in [0.15, 0.2) is 0 Å². The van der Waals surface area contributed by atoms with Crippen molar-refractivity contribution in [2.75, 3.05) is 6.54 Å². The maximum absolute atomic E-state index is 3.70. The van der Waals surface area contributed by atoms with Crippen molar-refractivity contribution in [2.24, 2.45) is 5.92 Å². The topological polar surface area (TPSA) is 12.0 Å². The van der Waals surface area contributed by atoms with Crippen LogP contribution in [-0.4, -0.2) is 6.54 Å². The van der Waals surface area contributed by atoms with E-state index in [2.05, 4.69) is 42.6 Å². The van der Waals surface area contributed by atoms with Gasteiger partial charge in [-0.15, -0.1) is 11.3 Å². The van der Waals surface area contributed by atoms with Crippen LogP contribution in [-0.2, 0) is 0 Å². The Bertz CT molecular complexity index is 492. The fourth-order valence-corrected chi connectivity index (χ4v) is 4.21. The molecule has 1 atom stereocenters. The highest BCUT2D eigenvalue weighted by Crippen LogP contribution is 2.30. The summed E-state index contributed by atoms with van der Waals surface area (Å²) in [4.78, 5) is 1.47. The van der Waals surface area contributed by atoms with E-state index in [-0.39, 0.29) is 0 Å². The molecule has 1 nitrogen and oxygen atoms in total. The second-order valence-electron chi connectivity index (χ2n) is 5.80. The highest BCUT2D eigenvalue weighted by atomic mass is 32.1. The summed E-state index contributed by atoms with van der Waals surface area (Å²) in [5, 5.41) is 5.08. The molecule has 1 fully saturated rings. The molecule has 1 heterocycles. The number of hydrogen-bond acceptors (Lipinski definition) is 2. The lowest BCUT2D eigenvalue weighted by molar-refractivity contribution is 0.457. The van der Waals surface area contributed by atoms with Gasteiger partial charge in [0.25, 0.3) is 0 Å². The molecule has 1 unspecified atom stereocenters. The third-order valence-corrected chi connectivity index (χ3v) is 5.65. The van der Waals surface area contributed by atoms with Crippen molar-refractivity contribution in [2.45, 2.75) is 45.1 Å². The predicted octanol–water partition coefficient (Wildman–Crippen LogP) is 5.13. The quantitative estimate of drug-likeness (QED) is 0.796. The summed E-state index contributed by atoms with van der Waals surface area (Å²) in [6.07, 6.45) is 7.18. The van der Waals surface area contributed by atoms with E-state index in [9.17, 15) is 0 Å². The molecular formula is C17H23NS. The lowest BCUT2D eigenvalue weighted by Crippen LogP contribution is -2.20. The van der Waals surface area contributed by atoms with E-state index in [1.54, 1.807) is 0 Å². The molecule has 1 aromatic heterocycles. The van der Waals surface area contributed by atoms with E-state index in [0.717, 1.165) is 5.92 Å². The van der Waals surface area contributed by atoms with Crippen LogP contribution in [0.1, 0.15) is 49.9 Å². The van der Waals surface area contributed by atoms with Gasteiger partial charge in [-0.3, -0.25) is 0 Å². The molecule has 0 aliphatic heterocycles. The SMILES string of the molecule is CC(NCCC1CCCC1)c1cc2ccccc2s1. The van der Waals surface area contributed by atoms with Gasteiger partial charge in [0, 0.05) is 15.6 Å². The van der Waals surface area contributed by atoms with Crippen LogP contribution in [0.4, 0.5) is 0 Å². The monoisotopic (exact) mass is 273 g/mol. The van der Waals surface area contributed by atoms with Gasteiger partial charge in [-0.05, 0) is 43.3 Å². The maximum Gasteiger partial charge on any atom is 0.0386 e. The first kappa shape index (κ1) is 13.1. The van der Waals surface area contributed by atoms with Gasteiger partial charge < -0.3 is 5.32 Å². The molecular weight excluding hydrogens is 250 g/mol. The molecule has 0 spiro atoms. The standard InChI is InChI=1S/C17H23NS/c1-13(18-11-10-14-6-2-3-7-14)17-12-15-8-4-5-9-16(15)19-17/h4-5,8-9,12-14,18H,2-3,6-7,10-11H2,1H3. The van der Waals surface area contributed by atoms with Crippen molar-refractivity contribution < 1.29 is 0 Å². The van der Waals surface area contributed by atoms with Crippen LogP contribution in [0, 0.1) is 5.92 Å². The molecule has 1 aliphatic rings. The van der Waals surface area contributed by atoms with Gasteiger partial charge >= 0.3 is 0 Å². The molecule has 1 N–H and O–H groups in total. The minimum absolute atomic E-state index is 0.485. The molecule has 0 radical (unpaired) electrons. The average Bonchev–Trinajstić information content (AvgIpc) is 3.07. The summed E-state index contributed by atoms with van der Waals surface area (Å²) in [5.74, 6) is 0.988. The van der Waals surface area contributed by atoms with Crippen LogP contribution >= 0.6 is 11.3 Å². The Morgan fingerprint density at radius 2 is 2.05 bits per heavy atom. The molecule has 1 aromatic carbocycles. The fourth-order valence-electron chi connectivity index (χ4n) is 3.12. The number of fused-ring (bicyclic) bond motifs is 1. The first-order chi connectivity index (χ1) is 9.33. The lowest BCUT2D eigenvalue weighted by Gasteiger charge is -2.14. The Hall–Kier alpha value is -0.860. The van der Waals surface area contributed by atoms with Crippen molar-refractivity contribution >= 4 is 21.4 Å². The van der Waals surface area contributed by atoms with Gasteiger partial charge in [-0.1, -0.05) is 43.9 Å². The summed E-state index contributed by atoms with van der Waals surface area (Å²) in [6.45, 7) is 3.46. The second-order valence-corrected chi connectivity index (χ2v) is 6.92. The van der Waals surface area contributed by atoms with Crippen LogP contribution in [0.15, 0.2) is 30.3 Å². The van der Waals surface area contributed by atoms with Crippen molar-refractivity contribution in [3.63, 3.8) is 0 Å². The number of nitrogens with one attached hydrogen (secondary N) is 1. The van der Waals surface area contributed by atoms with Crippen molar-refractivity contribution in [3.8, 4) is 0 Å². The molecule has 1 aliphatic carbocycles. The number of rotatable bonds is 5. The third kappa shape index (κ3) is 3.18. The number of benzene rings is 1. The minimum atomic E-state index is 0.485. The second kappa shape index (κ2) is 6.06. The zero-order valence-electron chi connectivity index (χ0n) is 11.7. The summed E-state index contributed by atoms with van der Waals surface area (Å²) >= 11 is 1.93. The number of hydrogen-bond donors (Lipinski definition) is 1. The largest absolute Gasteiger partial charge is 0.309 e. The van der Waals surface area contributed by atoms with Crippen molar-refractivity contribution in [1.82, 2.24) is 5.32 Å². The Morgan fingerprint density at radius 1 is 1.26 bits per heavy atom. The van der Waals surface area contributed by atoms with E-state index < -0.39 is 0 Å². The molecule has 3 rings (SSSR count). The Morgan fingerprint density at radius 3 is 2.84 bits per heavy atom. The minimum Gasteiger partial charge on any atom is -0.309 e. The van der Waals surface area contributed by atoms with Gasteiger partial charge in [-0.2, -0.15) is 0 Å². The summed E-state index contributed by atoms with van der Waals surface area (Å²) < 4.78 is 1.40. The summed E-state index contributed by atoms with van der Waals surface area (Å²) in [7, 11) is 0. The van der Waals surface area contributed by atoms with Crippen LogP contribution in [0.2, 0.25) is 0 Å². The molecule has 19 heavy (non-hydrogen) atoms. The van der Waals surface area contributed by atoms with Gasteiger partial charge in [-0.25, -0.2) is 0 Å². The van der Waals surface area contributed by atoms with Crippen LogP contribution < -0.4 is 5.32 Å². The van der Waals surface area contributed by atoms with Crippen LogP contribution in [0.3, 0.4) is 0 Å². The van der Waals surface area contributed by atoms with Crippen LogP contribution in [0.25, 0.3) is 10.1 Å². The maximum atomic E-state index is 3.70. The molecule has 2 aromatic rings. The lowest BCUT2D eigenvalue weighted by atomic mass is 10.0. The van der Waals surface area contributed by atoms with Crippen LogP contribution in [0.5, 0.6) is 0 Å².